The number of rotatable bonds is 6. The summed E-state index contributed by atoms with van der Waals surface area (Å²) in [6.45, 7) is 1.15. The molecule has 1 aliphatic carbocycles. The SMILES string of the molecule is c1ccc(CCCN[C@H]2CC[C@@H](c3ccccc3)CC2)cc1. The van der Waals surface area contributed by atoms with E-state index in [9.17, 15) is 0 Å². The van der Waals surface area contributed by atoms with Crippen molar-refractivity contribution in [2.45, 2.75) is 50.5 Å². The number of aryl methyl sites for hydroxylation is 1. The first-order chi connectivity index (χ1) is 10.9. The summed E-state index contributed by atoms with van der Waals surface area (Å²) in [5.41, 5.74) is 2.99. The lowest BCUT2D eigenvalue weighted by atomic mass is 9.82. The molecule has 0 atom stereocenters. The minimum absolute atomic E-state index is 0.732. The second-order valence-electron chi connectivity index (χ2n) is 6.50. The highest BCUT2D eigenvalue weighted by molar-refractivity contribution is 5.20. The zero-order valence-corrected chi connectivity index (χ0v) is 13.4. The maximum Gasteiger partial charge on any atom is 0.00674 e. The second kappa shape index (κ2) is 8.14. The van der Waals surface area contributed by atoms with E-state index >= 15 is 0 Å². The Balaban J connectivity index is 1.34. The van der Waals surface area contributed by atoms with Crippen LogP contribution in [0.1, 0.15) is 49.1 Å². The molecule has 1 heteroatoms. The maximum atomic E-state index is 3.76. The zero-order chi connectivity index (χ0) is 15.0. The van der Waals surface area contributed by atoms with E-state index in [1.165, 1.54) is 49.7 Å². The van der Waals surface area contributed by atoms with Crippen molar-refractivity contribution >= 4 is 0 Å². The molecular formula is C21H27N. The van der Waals surface area contributed by atoms with Crippen LogP contribution in [0.2, 0.25) is 0 Å². The van der Waals surface area contributed by atoms with Gasteiger partial charge in [0.1, 0.15) is 0 Å². The standard InChI is InChI=1S/C21H27N/c1-3-8-18(9-4-1)10-7-17-22-21-15-13-20(14-16-21)19-11-5-2-6-12-19/h1-6,8-9,11-12,20-22H,7,10,13-17H2/t20-,21+. The van der Waals surface area contributed by atoms with Crippen LogP contribution in [0.3, 0.4) is 0 Å². The third kappa shape index (κ3) is 4.45. The molecule has 0 amide bonds. The fourth-order valence-electron chi connectivity index (χ4n) is 3.60. The van der Waals surface area contributed by atoms with Gasteiger partial charge in [-0.2, -0.15) is 0 Å². The predicted molar refractivity (Wildman–Crippen MR) is 94.2 cm³/mol. The summed E-state index contributed by atoms with van der Waals surface area (Å²) in [5.74, 6) is 0.781. The Hall–Kier alpha value is -1.60. The summed E-state index contributed by atoms with van der Waals surface area (Å²) in [4.78, 5) is 0. The Morgan fingerprint density at radius 1 is 0.773 bits per heavy atom. The van der Waals surface area contributed by atoms with Gasteiger partial charge in [0.05, 0.1) is 0 Å². The largest absolute Gasteiger partial charge is 0.314 e. The van der Waals surface area contributed by atoms with Gasteiger partial charge in [-0.3, -0.25) is 0 Å². The van der Waals surface area contributed by atoms with Crippen molar-refractivity contribution in [1.29, 1.82) is 0 Å². The predicted octanol–water partition coefficient (Wildman–Crippen LogP) is 4.94. The quantitative estimate of drug-likeness (QED) is 0.744. The lowest BCUT2D eigenvalue weighted by Crippen LogP contribution is -2.33. The highest BCUT2D eigenvalue weighted by Crippen LogP contribution is 2.32. The van der Waals surface area contributed by atoms with Crippen LogP contribution in [-0.2, 0) is 6.42 Å². The van der Waals surface area contributed by atoms with Crippen LogP contribution in [0.25, 0.3) is 0 Å². The molecule has 0 bridgehead atoms. The van der Waals surface area contributed by atoms with Crippen molar-refractivity contribution in [3.63, 3.8) is 0 Å². The van der Waals surface area contributed by atoms with E-state index in [1.807, 2.05) is 0 Å². The van der Waals surface area contributed by atoms with E-state index < -0.39 is 0 Å². The zero-order valence-electron chi connectivity index (χ0n) is 13.4. The minimum atomic E-state index is 0.732. The molecule has 0 spiro atoms. The Morgan fingerprint density at radius 3 is 2.09 bits per heavy atom. The van der Waals surface area contributed by atoms with Crippen LogP contribution < -0.4 is 5.32 Å². The molecule has 0 aliphatic heterocycles. The average molecular weight is 293 g/mol. The molecule has 0 aromatic heterocycles. The van der Waals surface area contributed by atoms with E-state index in [-0.39, 0.29) is 0 Å². The molecule has 116 valence electrons. The van der Waals surface area contributed by atoms with E-state index in [0.717, 1.165) is 18.5 Å². The number of hydrogen-bond acceptors (Lipinski definition) is 1. The highest BCUT2D eigenvalue weighted by atomic mass is 14.9. The molecule has 2 aromatic rings. The molecule has 22 heavy (non-hydrogen) atoms. The van der Waals surface area contributed by atoms with E-state index in [0.29, 0.717) is 0 Å². The van der Waals surface area contributed by atoms with Crippen molar-refractivity contribution in [3.05, 3.63) is 71.8 Å². The van der Waals surface area contributed by atoms with Gasteiger partial charge in [0, 0.05) is 6.04 Å². The topological polar surface area (TPSA) is 12.0 Å². The van der Waals surface area contributed by atoms with Gasteiger partial charge in [0.15, 0.2) is 0 Å². The van der Waals surface area contributed by atoms with Gasteiger partial charge in [-0.15, -0.1) is 0 Å². The lowest BCUT2D eigenvalue weighted by molar-refractivity contribution is 0.342. The number of benzene rings is 2. The summed E-state index contributed by atoms with van der Waals surface area (Å²) < 4.78 is 0. The molecule has 1 saturated carbocycles. The van der Waals surface area contributed by atoms with Crippen LogP contribution in [-0.4, -0.2) is 12.6 Å². The van der Waals surface area contributed by atoms with Gasteiger partial charge in [-0.05, 0) is 62.1 Å². The summed E-state index contributed by atoms with van der Waals surface area (Å²) >= 11 is 0. The summed E-state index contributed by atoms with van der Waals surface area (Å²) in [7, 11) is 0. The third-order valence-corrected chi connectivity index (χ3v) is 4.92. The van der Waals surface area contributed by atoms with Crippen molar-refractivity contribution in [2.24, 2.45) is 0 Å². The van der Waals surface area contributed by atoms with Crippen molar-refractivity contribution < 1.29 is 0 Å². The first-order valence-electron chi connectivity index (χ1n) is 8.74. The molecular weight excluding hydrogens is 266 g/mol. The first-order valence-corrected chi connectivity index (χ1v) is 8.74. The normalized spacial score (nSPS) is 21.6. The van der Waals surface area contributed by atoms with Crippen molar-refractivity contribution in [1.82, 2.24) is 5.32 Å². The van der Waals surface area contributed by atoms with Gasteiger partial charge in [-0.1, -0.05) is 60.7 Å². The van der Waals surface area contributed by atoms with Crippen molar-refractivity contribution in [3.8, 4) is 0 Å². The van der Waals surface area contributed by atoms with Gasteiger partial charge in [-0.25, -0.2) is 0 Å². The molecule has 0 saturated heterocycles. The Kier molecular flexibility index (Phi) is 5.66. The van der Waals surface area contributed by atoms with Crippen molar-refractivity contribution in [2.75, 3.05) is 6.54 Å². The van der Waals surface area contributed by atoms with Crippen LogP contribution in [0, 0.1) is 0 Å². The molecule has 1 N–H and O–H groups in total. The fraction of sp³-hybridized carbons (Fsp3) is 0.429. The van der Waals surface area contributed by atoms with Crippen LogP contribution in [0.5, 0.6) is 0 Å². The third-order valence-electron chi connectivity index (χ3n) is 4.92. The van der Waals surface area contributed by atoms with Gasteiger partial charge < -0.3 is 5.32 Å². The molecule has 0 unspecified atom stereocenters. The Morgan fingerprint density at radius 2 is 1.41 bits per heavy atom. The molecule has 1 aliphatic rings. The summed E-state index contributed by atoms with van der Waals surface area (Å²) in [6, 6.07) is 22.6. The first kappa shape index (κ1) is 15.3. The average Bonchev–Trinajstić information content (AvgIpc) is 2.61. The van der Waals surface area contributed by atoms with Crippen LogP contribution >= 0.6 is 0 Å². The van der Waals surface area contributed by atoms with E-state index in [4.69, 9.17) is 0 Å². The van der Waals surface area contributed by atoms with Crippen LogP contribution in [0.15, 0.2) is 60.7 Å². The maximum absolute atomic E-state index is 3.76. The Labute approximate surface area is 134 Å². The van der Waals surface area contributed by atoms with E-state index in [1.54, 1.807) is 0 Å². The smallest absolute Gasteiger partial charge is 0.00674 e. The monoisotopic (exact) mass is 293 g/mol. The minimum Gasteiger partial charge on any atom is -0.314 e. The van der Waals surface area contributed by atoms with Gasteiger partial charge in [0.2, 0.25) is 0 Å². The van der Waals surface area contributed by atoms with Crippen LogP contribution in [0.4, 0.5) is 0 Å². The summed E-state index contributed by atoms with van der Waals surface area (Å²) in [5, 5.41) is 3.76. The van der Waals surface area contributed by atoms with E-state index in [2.05, 4.69) is 66.0 Å². The molecule has 3 rings (SSSR count). The van der Waals surface area contributed by atoms with Gasteiger partial charge >= 0.3 is 0 Å². The lowest BCUT2D eigenvalue weighted by Gasteiger charge is -2.29. The molecule has 1 nitrogen and oxygen atoms in total. The summed E-state index contributed by atoms with van der Waals surface area (Å²) in [6.07, 6.45) is 7.74. The highest BCUT2D eigenvalue weighted by Gasteiger charge is 2.21. The fourth-order valence-corrected chi connectivity index (χ4v) is 3.60. The molecule has 0 heterocycles. The number of hydrogen-bond donors (Lipinski definition) is 1. The van der Waals surface area contributed by atoms with Gasteiger partial charge in [0.25, 0.3) is 0 Å². The number of nitrogens with one attached hydrogen (secondary N) is 1. The molecule has 2 aromatic carbocycles. The second-order valence-corrected chi connectivity index (χ2v) is 6.50. The molecule has 0 radical (unpaired) electrons. The molecule has 1 fully saturated rings. The Bertz CT molecular complexity index is 526.